The Hall–Kier alpha value is -1.75. The van der Waals surface area contributed by atoms with Gasteiger partial charge in [-0.05, 0) is 17.7 Å². The third-order valence-corrected chi connectivity index (χ3v) is 3.30. The molecule has 0 aliphatic heterocycles. The van der Waals surface area contributed by atoms with Crippen molar-refractivity contribution in [3.8, 4) is 0 Å². The van der Waals surface area contributed by atoms with Crippen molar-refractivity contribution < 1.29 is 4.79 Å². The number of nitrogens with zero attached hydrogens (tertiary/aromatic N) is 3. The Morgan fingerprint density at radius 2 is 2.12 bits per heavy atom. The maximum Gasteiger partial charge on any atom is 0.186 e. The number of hydrogen-bond donors (Lipinski definition) is 0. The van der Waals surface area contributed by atoms with Gasteiger partial charge in [-0.25, -0.2) is 4.98 Å². The molecular weight excluding hydrogens is 234 g/mol. The monoisotopic (exact) mass is 247 g/mol. The molecule has 0 amide bonds. The number of ketones is 1. The molecule has 88 valence electrons. The maximum absolute atomic E-state index is 11.2. The van der Waals surface area contributed by atoms with Gasteiger partial charge in [0.25, 0.3) is 0 Å². The van der Waals surface area contributed by atoms with Crippen molar-refractivity contribution in [1.29, 1.82) is 0 Å². The van der Waals surface area contributed by atoms with Crippen molar-refractivity contribution in [1.82, 2.24) is 9.97 Å². The lowest BCUT2D eigenvalue weighted by atomic mass is 10.2. The van der Waals surface area contributed by atoms with Gasteiger partial charge in [-0.15, -0.1) is 11.3 Å². The van der Waals surface area contributed by atoms with Gasteiger partial charge in [0.2, 0.25) is 0 Å². The van der Waals surface area contributed by atoms with Gasteiger partial charge in [0.15, 0.2) is 10.9 Å². The summed E-state index contributed by atoms with van der Waals surface area (Å²) in [5.74, 6) is 0.00445. The van der Waals surface area contributed by atoms with Crippen LogP contribution in [-0.4, -0.2) is 22.8 Å². The zero-order valence-corrected chi connectivity index (χ0v) is 10.6. The summed E-state index contributed by atoms with van der Waals surface area (Å²) in [7, 11) is 1.96. The molecule has 0 fully saturated rings. The van der Waals surface area contributed by atoms with Crippen LogP contribution in [0.1, 0.15) is 23.0 Å². The minimum absolute atomic E-state index is 0.00445. The van der Waals surface area contributed by atoms with Crippen molar-refractivity contribution >= 4 is 22.3 Å². The molecule has 2 aromatic rings. The van der Waals surface area contributed by atoms with E-state index in [1.54, 1.807) is 17.8 Å². The van der Waals surface area contributed by atoms with Gasteiger partial charge < -0.3 is 4.90 Å². The summed E-state index contributed by atoms with van der Waals surface area (Å²) in [6, 6.07) is 3.94. The van der Waals surface area contributed by atoms with Crippen molar-refractivity contribution in [3.05, 3.63) is 41.2 Å². The van der Waals surface area contributed by atoms with Crippen molar-refractivity contribution in [3.63, 3.8) is 0 Å². The van der Waals surface area contributed by atoms with Crippen LogP contribution in [0.2, 0.25) is 0 Å². The number of Topliss-reactive ketones (excluding diaryl/α,β-unsaturated/α-hetero) is 1. The van der Waals surface area contributed by atoms with Crippen molar-refractivity contribution in [2.45, 2.75) is 13.5 Å². The second kappa shape index (κ2) is 5.05. The van der Waals surface area contributed by atoms with Crippen LogP contribution in [0.4, 0.5) is 5.13 Å². The fourth-order valence-electron chi connectivity index (χ4n) is 1.43. The van der Waals surface area contributed by atoms with E-state index in [0.717, 1.165) is 11.7 Å². The Bertz CT molecular complexity index is 509. The molecule has 5 heteroatoms. The number of pyridine rings is 1. The van der Waals surface area contributed by atoms with Gasteiger partial charge in [0.05, 0.1) is 0 Å². The number of rotatable bonds is 4. The van der Waals surface area contributed by atoms with Gasteiger partial charge in [-0.2, -0.15) is 0 Å². The molecule has 0 spiro atoms. The fraction of sp³-hybridized carbons (Fsp3) is 0.250. The Morgan fingerprint density at radius 3 is 2.71 bits per heavy atom. The highest BCUT2D eigenvalue weighted by atomic mass is 32.1. The molecule has 4 nitrogen and oxygen atoms in total. The van der Waals surface area contributed by atoms with Crippen LogP contribution in [0.3, 0.4) is 0 Å². The highest BCUT2D eigenvalue weighted by molar-refractivity contribution is 7.13. The molecule has 0 atom stereocenters. The molecule has 2 heterocycles. The molecule has 0 saturated heterocycles. The highest BCUT2D eigenvalue weighted by Crippen LogP contribution is 2.21. The summed E-state index contributed by atoms with van der Waals surface area (Å²) >= 11 is 1.48. The van der Waals surface area contributed by atoms with E-state index in [-0.39, 0.29) is 5.78 Å². The van der Waals surface area contributed by atoms with Crippen LogP contribution < -0.4 is 4.90 Å². The first kappa shape index (κ1) is 11.7. The maximum atomic E-state index is 11.2. The topological polar surface area (TPSA) is 46.1 Å². The molecule has 2 rings (SSSR count). The van der Waals surface area contributed by atoms with E-state index in [4.69, 9.17) is 0 Å². The summed E-state index contributed by atoms with van der Waals surface area (Å²) in [6.07, 6.45) is 3.54. The normalized spacial score (nSPS) is 10.2. The molecule has 0 aromatic carbocycles. The number of carbonyl (C=O) groups is 1. The molecule has 0 N–H and O–H groups in total. The summed E-state index contributed by atoms with van der Waals surface area (Å²) in [6.45, 7) is 2.29. The van der Waals surface area contributed by atoms with E-state index >= 15 is 0 Å². The molecule has 0 unspecified atom stereocenters. The molecule has 0 radical (unpaired) electrons. The number of carbonyl (C=O) groups excluding carboxylic acids is 1. The zero-order chi connectivity index (χ0) is 12.3. The molecule has 0 aliphatic carbocycles. The predicted molar refractivity (Wildman–Crippen MR) is 68.5 cm³/mol. The fourth-order valence-corrected chi connectivity index (χ4v) is 2.26. The Labute approximate surface area is 104 Å². The molecular formula is C12H13N3OS. The van der Waals surface area contributed by atoms with Gasteiger partial charge >= 0.3 is 0 Å². The Morgan fingerprint density at radius 1 is 1.41 bits per heavy atom. The summed E-state index contributed by atoms with van der Waals surface area (Å²) in [5.41, 5.74) is 1.70. The summed E-state index contributed by atoms with van der Waals surface area (Å²) in [4.78, 5) is 21.4. The van der Waals surface area contributed by atoms with Crippen LogP contribution >= 0.6 is 11.3 Å². The van der Waals surface area contributed by atoms with E-state index in [1.807, 2.05) is 24.1 Å². The lowest BCUT2D eigenvalue weighted by Gasteiger charge is -2.15. The second-order valence-electron chi connectivity index (χ2n) is 3.78. The van der Waals surface area contributed by atoms with Crippen LogP contribution in [0.15, 0.2) is 29.9 Å². The number of anilines is 1. The number of hydrogen-bond acceptors (Lipinski definition) is 5. The molecule has 0 aliphatic rings. The Balaban J connectivity index is 2.09. The number of thiazole rings is 1. The van der Waals surface area contributed by atoms with E-state index < -0.39 is 0 Å². The third kappa shape index (κ3) is 2.88. The summed E-state index contributed by atoms with van der Waals surface area (Å²) < 4.78 is 0. The van der Waals surface area contributed by atoms with E-state index in [0.29, 0.717) is 5.69 Å². The third-order valence-electron chi connectivity index (χ3n) is 2.35. The van der Waals surface area contributed by atoms with Crippen LogP contribution in [0.25, 0.3) is 0 Å². The first-order chi connectivity index (χ1) is 8.16. The quantitative estimate of drug-likeness (QED) is 0.778. The van der Waals surface area contributed by atoms with Crippen molar-refractivity contribution in [2.75, 3.05) is 11.9 Å². The van der Waals surface area contributed by atoms with Crippen LogP contribution in [0.5, 0.6) is 0 Å². The average Bonchev–Trinajstić information content (AvgIpc) is 2.79. The average molecular weight is 247 g/mol. The van der Waals surface area contributed by atoms with Crippen LogP contribution in [-0.2, 0) is 6.54 Å². The van der Waals surface area contributed by atoms with Gasteiger partial charge in [-0.1, -0.05) is 0 Å². The first-order valence-corrected chi connectivity index (χ1v) is 6.11. The van der Waals surface area contributed by atoms with Gasteiger partial charge in [-0.3, -0.25) is 9.78 Å². The van der Waals surface area contributed by atoms with E-state index in [2.05, 4.69) is 9.97 Å². The SMILES string of the molecule is CC(=O)c1csc(N(C)Cc2ccncc2)n1. The highest BCUT2D eigenvalue weighted by Gasteiger charge is 2.09. The molecule has 17 heavy (non-hydrogen) atoms. The van der Waals surface area contributed by atoms with E-state index in [9.17, 15) is 4.79 Å². The number of aromatic nitrogens is 2. The lowest BCUT2D eigenvalue weighted by molar-refractivity contribution is 0.101. The lowest BCUT2D eigenvalue weighted by Crippen LogP contribution is -2.16. The standard InChI is InChI=1S/C12H13N3OS/c1-9(16)11-8-17-12(14-11)15(2)7-10-3-5-13-6-4-10/h3-6,8H,7H2,1-2H3. The summed E-state index contributed by atoms with van der Waals surface area (Å²) in [5, 5.41) is 2.65. The largest absolute Gasteiger partial charge is 0.347 e. The van der Waals surface area contributed by atoms with Crippen molar-refractivity contribution in [2.24, 2.45) is 0 Å². The molecule has 0 bridgehead atoms. The minimum atomic E-state index is 0.00445. The first-order valence-electron chi connectivity index (χ1n) is 5.23. The predicted octanol–water partition coefficient (Wildman–Crippen LogP) is 2.38. The Kier molecular flexibility index (Phi) is 3.49. The van der Waals surface area contributed by atoms with Crippen LogP contribution in [0, 0.1) is 0 Å². The zero-order valence-electron chi connectivity index (χ0n) is 9.75. The molecule has 0 saturated carbocycles. The second-order valence-corrected chi connectivity index (χ2v) is 4.62. The van der Waals surface area contributed by atoms with Gasteiger partial charge in [0.1, 0.15) is 5.69 Å². The van der Waals surface area contributed by atoms with E-state index in [1.165, 1.54) is 23.8 Å². The smallest absolute Gasteiger partial charge is 0.186 e. The minimum Gasteiger partial charge on any atom is -0.347 e. The van der Waals surface area contributed by atoms with Gasteiger partial charge in [0, 0.05) is 38.3 Å². The molecule has 2 aromatic heterocycles.